The molecule has 52 heavy (non-hydrogen) atoms. The molecule has 0 saturated carbocycles. The van der Waals surface area contributed by atoms with E-state index in [9.17, 15) is 14.9 Å². The van der Waals surface area contributed by atoms with Crippen molar-refractivity contribution in [1.29, 1.82) is 5.26 Å². The first-order chi connectivity index (χ1) is 21.4. The van der Waals surface area contributed by atoms with Gasteiger partial charge in [-0.1, -0.05) is 74.5 Å². The summed E-state index contributed by atoms with van der Waals surface area (Å²) in [6.45, 7) is 2.63. The van der Waals surface area contributed by atoms with Gasteiger partial charge in [0.1, 0.15) is 42.2 Å². The molecule has 2 atom stereocenters. The van der Waals surface area contributed by atoms with E-state index < -0.39 is 7.53 Å². The molecule has 2 aliphatic rings. The van der Waals surface area contributed by atoms with Crippen molar-refractivity contribution in [1.82, 2.24) is 5.32 Å². The van der Waals surface area contributed by atoms with Crippen LogP contribution in [0.2, 0.25) is 0 Å². The minimum absolute atomic E-state index is 0. The molecule has 2 unspecified atom stereocenters. The van der Waals surface area contributed by atoms with Gasteiger partial charge >= 0.3 is 0 Å². The van der Waals surface area contributed by atoms with Crippen LogP contribution in [-0.2, 0) is 40.8 Å². The van der Waals surface area contributed by atoms with Gasteiger partial charge in [-0.2, -0.15) is 5.26 Å². The first-order valence-corrected chi connectivity index (χ1v) is 18.5. The molecule has 1 amide bonds. The molecule has 0 fully saturated rings. The fraction of sp³-hybridized carbons (Fsp3) is 0.378. The SMILES string of the molecule is C.C.C.C.C.C.N#C/C(=C/c1cc2c3c(c1)CCCN3CCC2)C(=O)NCCc1ccc(ON=[N+]=[N-])cc1.O=Cc1ccc(OP(P)P)cc1.[Cm].[Co]. The normalized spacial score (nSPS) is 11.3. The molecule has 1 N–H and O–H groups in total. The number of aldehydes is 1. The molecule has 0 aliphatic carbocycles. The second-order valence-electron chi connectivity index (χ2n) is 10.1. The predicted octanol–water partition coefficient (Wildman–Crippen LogP) is 10.9. The van der Waals surface area contributed by atoms with Crippen LogP contribution in [-0.4, -0.2) is 31.8 Å². The maximum Gasteiger partial charge on any atom is 0.261 e. The summed E-state index contributed by atoms with van der Waals surface area (Å²) in [7, 11) is 4.59. The quantitative estimate of drug-likeness (QED) is 0.0313. The number of hydrogen-bond donors (Lipinski definition) is 1. The summed E-state index contributed by atoms with van der Waals surface area (Å²) >= 11 is 0. The third-order valence-corrected chi connectivity index (χ3v) is 8.12. The number of rotatable bonds is 10. The fourth-order valence-corrected chi connectivity index (χ4v) is 6.25. The van der Waals surface area contributed by atoms with Crippen LogP contribution in [0, 0.1) is 11.3 Å². The van der Waals surface area contributed by atoms with E-state index in [0.29, 0.717) is 24.3 Å². The van der Waals surface area contributed by atoms with Crippen molar-refractivity contribution in [3.05, 3.63) is 104 Å². The first-order valence-electron chi connectivity index (χ1n) is 14.0. The molecule has 0 aromatic heterocycles. The number of carbonyl (C=O) groups excluding carboxylic acids is 2. The number of azide groups is 1. The predicted molar refractivity (Wildman–Crippen MR) is 221 cm³/mol. The second-order valence-corrected chi connectivity index (χ2v) is 15.8. The van der Waals surface area contributed by atoms with Crippen LogP contribution < -0.4 is 19.6 Å². The summed E-state index contributed by atoms with van der Waals surface area (Å²) in [5.41, 5.74) is 15.0. The zero-order valence-electron chi connectivity index (χ0n) is 24.7. The largest absolute Gasteiger partial charge is 0.466 e. The van der Waals surface area contributed by atoms with E-state index >= 15 is 0 Å². The Kier molecular flexibility index (Phi) is 31.9. The van der Waals surface area contributed by atoms with Crippen LogP contribution in [0.4, 0.5) is 5.69 Å². The first kappa shape index (κ1) is 56.9. The van der Waals surface area contributed by atoms with E-state index in [1.54, 1.807) is 42.5 Å². The Bertz CT molecular complexity index is 1570. The van der Waals surface area contributed by atoms with E-state index in [2.05, 4.69) is 50.4 Å². The maximum atomic E-state index is 12.6. The zero-order valence-corrected chi connectivity index (χ0v) is 31.9. The molecular weight excluding hydrogens is 991 g/mol. The summed E-state index contributed by atoms with van der Waals surface area (Å²) in [6, 6.07) is 20.4. The molecule has 2 aliphatic heterocycles. The minimum atomic E-state index is -0.546. The van der Waals surface area contributed by atoms with Crippen LogP contribution in [0.1, 0.15) is 90.0 Å². The molecule has 10 nitrogen and oxygen atoms in total. The van der Waals surface area contributed by atoms with Gasteiger partial charge in [0.25, 0.3) is 5.91 Å². The number of amides is 1. The number of anilines is 1. The van der Waals surface area contributed by atoms with Crippen molar-refractivity contribution >= 4 is 49.3 Å². The van der Waals surface area contributed by atoms with Crippen molar-refractivity contribution in [2.45, 2.75) is 76.7 Å². The average molecular weight is 1050 g/mol. The van der Waals surface area contributed by atoms with E-state index in [1.165, 1.54) is 16.8 Å². The number of nitrogens with one attached hydrogen (secondary N) is 1. The van der Waals surface area contributed by atoms with Gasteiger partial charge in [-0.05, 0) is 114 Å². The summed E-state index contributed by atoms with van der Waals surface area (Å²) in [5.74, 6) is 0.859. The summed E-state index contributed by atoms with van der Waals surface area (Å²) in [6.07, 6.45) is 7.48. The van der Waals surface area contributed by atoms with E-state index in [1.807, 2.05) is 18.2 Å². The van der Waals surface area contributed by atoms with Crippen LogP contribution in [0.25, 0.3) is 16.5 Å². The van der Waals surface area contributed by atoms with Crippen LogP contribution in [0.5, 0.6) is 11.5 Å². The second kappa shape index (κ2) is 29.1. The molecule has 15 heteroatoms. The van der Waals surface area contributed by atoms with Gasteiger partial charge in [0.05, 0.1) is 0 Å². The van der Waals surface area contributed by atoms with Gasteiger partial charge in [-0.3, -0.25) is 9.59 Å². The Morgan fingerprint density at radius 1 is 0.942 bits per heavy atom. The molecule has 3 aromatic rings. The van der Waals surface area contributed by atoms with E-state index in [4.69, 9.17) is 14.9 Å². The van der Waals surface area contributed by atoms with E-state index in [0.717, 1.165) is 61.9 Å². The fourth-order valence-electron chi connectivity index (χ4n) is 5.16. The number of aryl methyl sites for hydroxylation is 2. The summed E-state index contributed by atoms with van der Waals surface area (Å²) in [4.78, 5) is 32.7. The van der Waals surface area contributed by atoms with Crippen molar-refractivity contribution in [3.8, 4) is 17.6 Å². The Balaban J connectivity index is -0.000000321. The van der Waals surface area contributed by atoms with E-state index in [-0.39, 0.29) is 72.8 Å². The maximum absolute atomic E-state index is 12.6. The number of nitrogens with zero attached hydrogens (tertiary/aromatic N) is 5. The molecule has 291 valence electrons. The summed E-state index contributed by atoms with van der Waals surface area (Å²) in [5, 5.41) is 15.4. The molecule has 3 aromatic carbocycles. The van der Waals surface area contributed by atoms with Crippen LogP contribution in [0.3, 0.4) is 0 Å². The molecule has 1 radical (unpaired) electrons. The number of hydrogen-bond acceptors (Lipinski definition) is 7. The smallest absolute Gasteiger partial charge is 0.261 e. The van der Waals surface area contributed by atoms with Crippen molar-refractivity contribution < 1.29 is 35.7 Å². The number of nitriles is 1. The molecular formula is C37H57CmCoN6O4P3. The average Bonchev–Trinajstić information content (AvgIpc) is 3.04. The minimum Gasteiger partial charge on any atom is -0.466 e. The third-order valence-electron chi connectivity index (χ3n) is 7.06. The molecule has 0 saturated heterocycles. The van der Waals surface area contributed by atoms with Crippen molar-refractivity contribution in [2.24, 2.45) is 5.28 Å². The Labute approximate surface area is 323 Å². The van der Waals surface area contributed by atoms with Gasteiger partial charge in [0, 0.05) is 52.6 Å². The van der Waals surface area contributed by atoms with Crippen LogP contribution >= 0.6 is 25.4 Å². The van der Waals surface area contributed by atoms with Crippen LogP contribution in [0.15, 0.2) is 71.5 Å². The molecule has 0 bridgehead atoms. The molecule has 2 heterocycles. The number of benzene rings is 3. The topological polar surface area (TPSA) is 140 Å². The van der Waals surface area contributed by atoms with Gasteiger partial charge in [0.15, 0.2) is 0 Å². The summed E-state index contributed by atoms with van der Waals surface area (Å²) < 4.78 is 5.39. The Morgan fingerprint density at radius 3 is 1.96 bits per heavy atom. The van der Waals surface area contributed by atoms with Gasteiger partial charge in [0.2, 0.25) is 0 Å². The zero-order chi connectivity index (χ0) is 31.3. The Hall–Kier alpha value is -4.46. The molecule has 0 spiro atoms. The monoisotopic (exact) mass is 1040 g/mol. The van der Waals surface area contributed by atoms with Gasteiger partial charge < -0.3 is 19.6 Å². The number of carbonyl (C=O) groups is 2. The standard InChI is InChI=1S/C24H24N6O2.C7H9O2P3.6CH4.Cm.Co/c25-16-21(24(31)27-10-9-17-5-7-22(8-6-17)32-29-28-26)15-18-13-19-3-1-11-30-12-2-4-20(14-18)23(19)30;8-5-6-1-3-7(4-2-6)9-12(10)11;;;;;;;;/h5-8,13-15H,1-4,9-12H2,(H,27,31);1-5H,10-11H2;6*1H4;;/b21-15-;;;;;;;;;. The van der Waals surface area contributed by atoms with Gasteiger partial charge in [-0.25, -0.2) is 0 Å². The van der Waals surface area contributed by atoms with Crippen molar-refractivity contribution in [2.75, 3.05) is 24.5 Å². The van der Waals surface area contributed by atoms with Gasteiger partial charge in [-0.15, -0.1) is 0 Å². The third kappa shape index (κ3) is 16.7. The van der Waals surface area contributed by atoms with Crippen molar-refractivity contribution in [3.63, 3.8) is 0 Å². The Morgan fingerprint density at radius 2 is 1.48 bits per heavy atom. The molecule has 5 rings (SSSR count).